The molecule has 3 amide bonds. The van der Waals surface area contributed by atoms with Crippen molar-refractivity contribution >= 4 is 17.7 Å². The van der Waals surface area contributed by atoms with Gasteiger partial charge in [-0.1, -0.05) is 30.3 Å². The molecule has 2 aromatic carbocycles. The Bertz CT molecular complexity index is 904. The number of likely N-dealkylation sites (tertiary alicyclic amines) is 2. The number of carbonyl (C=O) groups is 3. The molecule has 2 heterocycles. The largest absolute Gasteiger partial charge is 0.497 e. The van der Waals surface area contributed by atoms with Gasteiger partial charge in [0.15, 0.2) is 0 Å². The summed E-state index contributed by atoms with van der Waals surface area (Å²) in [6.07, 6.45) is 2.00. The molecule has 6 nitrogen and oxygen atoms in total. The Morgan fingerprint density at radius 2 is 1.62 bits per heavy atom. The predicted octanol–water partition coefficient (Wildman–Crippen LogP) is 3.05. The summed E-state index contributed by atoms with van der Waals surface area (Å²) >= 11 is 0. The number of amides is 3. The maximum absolute atomic E-state index is 13.2. The lowest BCUT2D eigenvalue weighted by atomic mass is 9.92. The average Bonchev–Trinajstić information content (AvgIpc) is 3.41. The van der Waals surface area contributed by atoms with E-state index < -0.39 is 12.0 Å². The highest BCUT2D eigenvalue weighted by atomic mass is 16.5. The number of carbonyl (C=O) groups excluding carboxylic acids is 3. The molecule has 6 heteroatoms. The summed E-state index contributed by atoms with van der Waals surface area (Å²) in [4.78, 5) is 42.5. The third-order valence-electron chi connectivity index (χ3n) is 5.75. The van der Waals surface area contributed by atoms with Crippen molar-refractivity contribution in [1.82, 2.24) is 9.80 Å². The molecule has 2 saturated heterocycles. The summed E-state index contributed by atoms with van der Waals surface area (Å²) in [7, 11) is 1.58. The summed E-state index contributed by atoms with van der Waals surface area (Å²) in [6, 6.07) is 15.4. The van der Waals surface area contributed by atoms with E-state index in [1.807, 2.05) is 23.1 Å². The Kier molecular flexibility index (Phi) is 5.34. The molecular weight excluding hydrogens is 368 g/mol. The second kappa shape index (κ2) is 8.07. The van der Waals surface area contributed by atoms with E-state index in [-0.39, 0.29) is 24.1 Å². The van der Waals surface area contributed by atoms with E-state index >= 15 is 0 Å². The van der Waals surface area contributed by atoms with Crippen molar-refractivity contribution in [3.8, 4) is 5.75 Å². The van der Waals surface area contributed by atoms with Crippen LogP contribution in [0.4, 0.5) is 0 Å². The van der Waals surface area contributed by atoms with Gasteiger partial charge in [0.1, 0.15) is 5.75 Å². The SMILES string of the molecule is COc1ccc([C@@H]2[C@@H](C(=O)N3CCCC3)CC(=O)N2C(=O)c2ccccc2)cc1. The van der Waals surface area contributed by atoms with Crippen molar-refractivity contribution < 1.29 is 19.1 Å². The van der Waals surface area contributed by atoms with Crippen LogP contribution in [-0.2, 0) is 9.59 Å². The van der Waals surface area contributed by atoms with Gasteiger partial charge in [0, 0.05) is 25.1 Å². The lowest BCUT2D eigenvalue weighted by Gasteiger charge is -2.29. The monoisotopic (exact) mass is 392 g/mol. The van der Waals surface area contributed by atoms with Crippen molar-refractivity contribution in [2.45, 2.75) is 25.3 Å². The zero-order valence-corrected chi connectivity index (χ0v) is 16.4. The lowest BCUT2D eigenvalue weighted by molar-refractivity contribution is -0.135. The quantitative estimate of drug-likeness (QED) is 0.750. The van der Waals surface area contributed by atoms with E-state index in [4.69, 9.17) is 4.74 Å². The van der Waals surface area contributed by atoms with Crippen molar-refractivity contribution in [3.05, 3.63) is 65.7 Å². The van der Waals surface area contributed by atoms with Crippen LogP contribution >= 0.6 is 0 Å². The normalized spacial score (nSPS) is 21.5. The van der Waals surface area contributed by atoms with Gasteiger partial charge in [0.2, 0.25) is 11.8 Å². The minimum absolute atomic E-state index is 0.0416. The topological polar surface area (TPSA) is 66.9 Å². The molecular formula is C23H24N2O4. The first-order valence-corrected chi connectivity index (χ1v) is 9.94. The van der Waals surface area contributed by atoms with Crippen LogP contribution in [0.3, 0.4) is 0 Å². The first-order valence-electron chi connectivity index (χ1n) is 9.94. The molecule has 0 saturated carbocycles. The van der Waals surface area contributed by atoms with Gasteiger partial charge >= 0.3 is 0 Å². The average molecular weight is 392 g/mol. The van der Waals surface area contributed by atoms with E-state index in [9.17, 15) is 14.4 Å². The zero-order valence-electron chi connectivity index (χ0n) is 16.4. The van der Waals surface area contributed by atoms with Crippen LogP contribution in [-0.4, -0.2) is 47.7 Å². The molecule has 2 aliphatic heterocycles. The Hall–Kier alpha value is -3.15. The molecule has 4 rings (SSSR count). The van der Waals surface area contributed by atoms with Gasteiger partial charge < -0.3 is 9.64 Å². The lowest BCUT2D eigenvalue weighted by Crippen LogP contribution is -2.39. The number of imide groups is 1. The number of methoxy groups -OCH3 is 1. The number of hydrogen-bond donors (Lipinski definition) is 0. The first-order chi connectivity index (χ1) is 14.1. The van der Waals surface area contributed by atoms with Crippen LogP contribution in [0.5, 0.6) is 5.75 Å². The van der Waals surface area contributed by atoms with Crippen LogP contribution < -0.4 is 4.74 Å². The van der Waals surface area contributed by atoms with Crippen LogP contribution in [0.25, 0.3) is 0 Å². The van der Waals surface area contributed by atoms with Crippen molar-refractivity contribution in [2.75, 3.05) is 20.2 Å². The van der Waals surface area contributed by atoms with Crippen LogP contribution in [0.1, 0.15) is 41.2 Å². The predicted molar refractivity (Wildman–Crippen MR) is 107 cm³/mol. The molecule has 0 unspecified atom stereocenters. The van der Waals surface area contributed by atoms with Crippen molar-refractivity contribution in [2.24, 2.45) is 5.92 Å². The number of rotatable bonds is 4. The minimum atomic E-state index is -0.616. The summed E-state index contributed by atoms with van der Waals surface area (Å²) in [5.41, 5.74) is 1.20. The highest BCUT2D eigenvalue weighted by molar-refractivity contribution is 6.08. The zero-order chi connectivity index (χ0) is 20.4. The molecule has 2 aromatic rings. The van der Waals surface area contributed by atoms with Gasteiger partial charge in [-0.2, -0.15) is 0 Å². The van der Waals surface area contributed by atoms with Gasteiger partial charge in [-0.15, -0.1) is 0 Å². The Morgan fingerprint density at radius 1 is 0.966 bits per heavy atom. The fraction of sp³-hybridized carbons (Fsp3) is 0.348. The van der Waals surface area contributed by atoms with E-state index in [2.05, 4.69) is 0 Å². The highest BCUT2D eigenvalue weighted by Gasteiger charge is 2.48. The first kappa shape index (κ1) is 19.2. The molecule has 0 aromatic heterocycles. The molecule has 0 bridgehead atoms. The fourth-order valence-corrected chi connectivity index (χ4v) is 4.27. The van der Waals surface area contributed by atoms with Gasteiger partial charge in [-0.3, -0.25) is 19.3 Å². The van der Waals surface area contributed by atoms with E-state index in [1.165, 1.54) is 4.90 Å². The number of ether oxygens (including phenoxy) is 1. The minimum Gasteiger partial charge on any atom is -0.497 e. The molecule has 2 aliphatic rings. The van der Waals surface area contributed by atoms with Crippen LogP contribution in [0.15, 0.2) is 54.6 Å². The Morgan fingerprint density at radius 3 is 2.24 bits per heavy atom. The molecule has 0 aliphatic carbocycles. The van der Waals surface area contributed by atoms with Gasteiger partial charge in [0.05, 0.1) is 19.1 Å². The maximum atomic E-state index is 13.2. The van der Waals surface area contributed by atoms with Crippen molar-refractivity contribution in [1.29, 1.82) is 0 Å². The summed E-state index contributed by atoms with van der Waals surface area (Å²) in [6.45, 7) is 1.43. The van der Waals surface area contributed by atoms with Crippen LogP contribution in [0.2, 0.25) is 0 Å². The molecule has 0 N–H and O–H groups in total. The summed E-state index contributed by atoms with van der Waals surface area (Å²) in [5.74, 6) is -0.603. The highest BCUT2D eigenvalue weighted by Crippen LogP contribution is 2.41. The third kappa shape index (κ3) is 3.62. The molecule has 2 fully saturated rings. The second-order valence-electron chi connectivity index (χ2n) is 7.50. The second-order valence-corrected chi connectivity index (χ2v) is 7.50. The smallest absolute Gasteiger partial charge is 0.261 e. The standard InChI is InChI=1S/C23H24N2O4/c1-29-18-11-9-16(10-12-18)21-19(23(28)24-13-5-6-14-24)15-20(26)25(21)22(27)17-7-3-2-4-8-17/h2-4,7-12,19,21H,5-6,13-15H2,1H3/t19-,21+/m0/s1. The van der Waals surface area contributed by atoms with E-state index in [1.54, 1.807) is 43.5 Å². The van der Waals surface area contributed by atoms with Gasteiger partial charge in [-0.05, 0) is 42.7 Å². The molecule has 29 heavy (non-hydrogen) atoms. The third-order valence-corrected chi connectivity index (χ3v) is 5.75. The number of nitrogens with zero attached hydrogens (tertiary/aromatic N) is 2. The van der Waals surface area contributed by atoms with E-state index in [0.29, 0.717) is 24.4 Å². The Labute approximate surface area is 170 Å². The Balaban J connectivity index is 1.72. The fourth-order valence-electron chi connectivity index (χ4n) is 4.27. The van der Waals surface area contributed by atoms with Crippen LogP contribution in [0, 0.1) is 5.92 Å². The summed E-state index contributed by atoms with van der Waals surface area (Å²) < 4.78 is 5.23. The molecule has 0 spiro atoms. The van der Waals surface area contributed by atoms with E-state index in [0.717, 1.165) is 18.4 Å². The van der Waals surface area contributed by atoms with Gasteiger partial charge in [0.25, 0.3) is 5.91 Å². The molecule has 0 radical (unpaired) electrons. The number of hydrogen-bond acceptors (Lipinski definition) is 4. The molecule has 2 atom stereocenters. The number of benzene rings is 2. The maximum Gasteiger partial charge on any atom is 0.261 e. The van der Waals surface area contributed by atoms with Gasteiger partial charge in [-0.25, -0.2) is 0 Å². The summed E-state index contributed by atoms with van der Waals surface area (Å²) in [5, 5.41) is 0. The van der Waals surface area contributed by atoms with Crippen molar-refractivity contribution in [3.63, 3.8) is 0 Å². The molecule has 150 valence electrons.